The van der Waals surface area contributed by atoms with Crippen LogP contribution in [0.3, 0.4) is 0 Å². The number of carbonyl (C=O) groups excluding carboxylic acids is 1. The van der Waals surface area contributed by atoms with Gasteiger partial charge in [-0.1, -0.05) is 37.0 Å². The third kappa shape index (κ3) is 3.82. The first-order valence-electron chi connectivity index (χ1n) is 7.69. The molecule has 0 saturated carbocycles. The minimum absolute atomic E-state index is 0.171. The molecule has 8 heteroatoms. The number of hydrazone groups is 1. The van der Waals surface area contributed by atoms with Crippen molar-refractivity contribution in [1.29, 1.82) is 0 Å². The first-order chi connectivity index (χ1) is 12.4. The van der Waals surface area contributed by atoms with Crippen molar-refractivity contribution < 1.29 is 9.21 Å². The van der Waals surface area contributed by atoms with E-state index in [4.69, 9.17) is 27.6 Å². The van der Waals surface area contributed by atoms with E-state index in [-0.39, 0.29) is 32.9 Å². The van der Waals surface area contributed by atoms with Crippen LogP contribution in [0, 0.1) is 0 Å². The Bertz CT molecular complexity index is 1070. The molecular formula is C18H14Cl2N2O3S. The van der Waals surface area contributed by atoms with Crippen LogP contribution in [0.2, 0.25) is 10.0 Å². The lowest BCUT2D eigenvalue weighted by Crippen LogP contribution is -2.18. The first-order valence-corrected chi connectivity index (χ1v) is 9.32. The average molecular weight is 409 g/mol. The third-order valence-corrected chi connectivity index (χ3v) is 5.37. The van der Waals surface area contributed by atoms with Gasteiger partial charge in [-0.3, -0.25) is 9.59 Å². The highest BCUT2D eigenvalue weighted by atomic mass is 35.5. The smallest absolute Gasteiger partial charge is 0.272 e. The summed E-state index contributed by atoms with van der Waals surface area (Å²) in [5.41, 5.74) is 3.01. The van der Waals surface area contributed by atoms with Gasteiger partial charge in [0.2, 0.25) is 5.43 Å². The topological polar surface area (TPSA) is 71.7 Å². The second kappa shape index (κ2) is 7.61. The molecule has 0 unspecified atom stereocenters. The molecule has 0 bridgehead atoms. The quantitative estimate of drug-likeness (QED) is 0.484. The maximum absolute atomic E-state index is 12.5. The predicted molar refractivity (Wildman–Crippen MR) is 106 cm³/mol. The van der Waals surface area contributed by atoms with Gasteiger partial charge < -0.3 is 4.42 Å². The summed E-state index contributed by atoms with van der Waals surface area (Å²) in [6, 6.07) is 4.80. The Hall–Kier alpha value is -2.15. The molecule has 0 radical (unpaired) electrons. The molecule has 0 spiro atoms. The maximum atomic E-state index is 12.5. The molecule has 26 heavy (non-hydrogen) atoms. The molecule has 2 heterocycles. The number of halogens is 2. The number of hydrogen-bond donors (Lipinski definition) is 1. The Kier molecular flexibility index (Phi) is 5.46. The van der Waals surface area contributed by atoms with Gasteiger partial charge in [-0.15, -0.1) is 11.3 Å². The number of amides is 1. The van der Waals surface area contributed by atoms with Gasteiger partial charge in [-0.25, -0.2) is 5.43 Å². The number of fused-ring (bicyclic) bond motifs is 1. The molecule has 3 aromatic rings. The first kappa shape index (κ1) is 18.6. The zero-order valence-electron chi connectivity index (χ0n) is 13.9. The number of carbonyl (C=O) groups is 1. The van der Waals surface area contributed by atoms with Crippen LogP contribution in [-0.2, 0) is 0 Å². The summed E-state index contributed by atoms with van der Waals surface area (Å²) >= 11 is 13.5. The van der Waals surface area contributed by atoms with E-state index in [9.17, 15) is 9.59 Å². The van der Waals surface area contributed by atoms with E-state index in [1.54, 1.807) is 5.38 Å². The van der Waals surface area contributed by atoms with E-state index in [1.165, 1.54) is 35.9 Å². The van der Waals surface area contributed by atoms with Gasteiger partial charge in [0.05, 0.1) is 27.8 Å². The van der Waals surface area contributed by atoms with E-state index in [2.05, 4.69) is 24.4 Å². The van der Waals surface area contributed by atoms with Crippen LogP contribution in [0.4, 0.5) is 0 Å². The van der Waals surface area contributed by atoms with Crippen molar-refractivity contribution in [2.24, 2.45) is 5.10 Å². The van der Waals surface area contributed by atoms with Gasteiger partial charge in [-0.2, -0.15) is 5.10 Å². The lowest BCUT2D eigenvalue weighted by molar-refractivity contribution is 0.0955. The zero-order valence-corrected chi connectivity index (χ0v) is 16.2. The monoisotopic (exact) mass is 408 g/mol. The summed E-state index contributed by atoms with van der Waals surface area (Å²) in [5, 5.41) is 6.44. The highest BCUT2D eigenvalue weighted by Gasteiger charge is 2.11. The van der Waals surface area contributed by atoms with Crippen LogP contribution >= 0.6 is 34.5 Å². The Balaban J connectivity index is 1.81. The van der Waals surface area contributed by atoms with Crippen molar-refractivity contribution in [3.63, 3.8) is 0 Å². The van der Waals surface area contributed by atoms with Gasteiger partial charge in [0, 0.05) is 15.3 Å². The third-order valence-electron chi connectivity index (χ3n) is 3.64. The Labute approximate surface area is 163 Å². The Morgan fingerprint density at radius 3 is 2.77 bits per heavy atom. The number of thiophene rings is 1. The van der Waals surface area contributed by atoms with Gasteiger partial charge in [0.1, 0.15) is 6.26 Å². The van der Waals surface area contributed by atoms with E-state index in [0.29, 0.717) is 16.5 Å². The summed E-state index contributed by atoms with van der Waals surface area (Å²) in [6.45, 7) is 4.12. The number of nitrogens with one attached hydrogen (secondary N) is 1. The van der Waals surface area contributed by atoms with Gasteiger partial charge in [0.15, 0.2) is 5.58 Å². The van der Waals surface area contributed by atoms with Gasteiger partial charge in [-0.05, 0) is 24.1 Å². The molecule has 2 aromatic heterocycles. The van der Waals surface area contributed by atoms with E-state index in [1.807, 2.05) is 6.07 Å². The number of rotatable bonds is 4. The van der Waals surface area contributed by atoms with Crippen molar-refractivity contribution >= 4 is 57.6 Å². The molecule has 0 atom stereocenters. The molecule has 0 fully saturated rings. The molecule has 0 saturated heterocycles. The van der Waals surface area contributed by atoms with Crippen LogP contribution in [0.5, 0.6) is 0 Å². The second-order valence-corrected chi connectivity index (χ2v) is 7.66. The molecule has 1 N–H and O–H groups in total. The number of nitrogens with zero attached hydrogens (tertiary/aromatic N) is 1. The minimum atomic E-state index is -0.347. The fraction of sp³-hybridized carbons (Fsp3) is 0.167. The van der Waals surface area contributed by atoms with Crippen LogP contribution in [0.1, 0.15) is 40.6 Å². The van der Waals surface area contributed by atoms with Crippen LogP contribution in [-0.4, -0.2) is 12.1 Å². The fourth-order valence-electron chi connectivity index (χ4n) is 2.27. The summed E-state index contributed by atoms with van der Waals surface area (Å²) in [4.78, 5) is 25.7. The second-order valence-electron chi connectivity index (χ2n) is 5.88. The van der Waals surface area contributed by atoms with Crippen LogP contribution < -0.4 is 10.9 Å². The van der Waals surface area contributed by atoms with Gasteiger partial charge in [0.25, 0.3) is 5.91 Å². The molecule has 0 aliphatic heterocycles. The number of benzene rings is 1. The molecule has 0 aliphatic rings. The lowest BCUT2D eigenvalue weighted by Gasteiger charge is -2.01. The minimum Gasteiger partial charge on any atom is -0.462 e. The van der Waals surface area contributed by atoms with Crippen LogP contribution in [0.25, 0.3) is 11.0 Å². The summed E-state index contributed by atoms with van der Waals surface area (Å²) in [5.74, 6) is 0.00611. The molecule has 1 amide bonds. The van der Waals surface area contributed by atoms with Crippen molar-refractivity contribution in [2.75, 3.05) is 0 Å². The Morgan fingerprint density at radius 1 is 1.31 bits per heavy atom. The standard InChI is InChI=1S/C18H14Cl2N2O3S/c1-9(2)15-3-10(8-26-15)18(24)22-21-6-11-7-25-17-13(16(11)23)4-12(19)5-14(17)20/h3-9H,1-2H3,(H,22,24)/b21-6-. The maximum Gasteiger partial charge on any atom is 0.272 e. The lowest BCUT2D eigenvalue weighted by atomic mass is 10.1. The zero-order chi connectivity index (χ0) is 18.8. The highest BCUT2D eigenvalue weighted by Crippen LogP contribution is 2.26. The summed E-state index contributed by atoms with van der Waals surface area (Å²) in [6.07, 6.45) is 2.47. The normalized spacial score (nSPS) is 11.6. The fourth-order valence-corrected chi connectivity index (χ4v) is 3.71. The average Bonchev–Trinajstić information content (AvgIpc) is 3.07. The van der Waals surface area contributed by atoms with Crippen LogP contribution in [0.15, 0.2) is 44.2 Å². The summed E-state index contributed by atoms with van der Waals surface area (Å²) in [7, 11) is 0. The van der Waals surface area contributed by atoms with E-state index < -0.39 is 0 Å². The largest absolute Gasteiger partial charge is 0.462 e. The van der Waals surface area contributed by atoms with E-state index in [0.717, 1.165) is 4.88 Å². The van der Waals surface area contributed by atoms with Crippen molar-refractivity contribution in [1.82, 2.24) is 5.43 Å². The van der Waals surface area contributed by atoms with Crippen molar-refractivity contribution in [2.45, 2.75) is 19.8 Å². The molecule has 0 aliphatic carbocycles. The Morgan fingerprint density at radius 2 is 2.08 bits per heavy atom. The molecular weight excluding hydrogens is 395 g/mol. The van der Waals surface area contributed by atoms with Crippen molar-refractivity contribution in [3.8, 4) is 0 Å². The SMILES string of the molecule is CC(C)c1cc(C(=O)N/N=C\c2coc3c(Cl)cc(Cl)cc3c2=O)cs1. The van der Waals surface area contributed by atoms with E-state index >= 15 is 0 Å². The molecule has 5 nitrogen and oxygen atoms in total. The molecule has 1 aromatic carbocycles. The molecule has 3 rings (SSSR count). The summed E-state index contributed by atoms with van der Waals surface area (Å²) < 4.78 is 5.39. The molecule has 134 valence electrons. The van der Waals surface area contributed by atoms with Crippen molar-refractivity contribution in [3.05, 3.63) is 66.1 Å². The highest BCUT2D eigenvalue weighted by molar-refractivity contribution is 7.10. The predicted octanol–water partition coefficient (Wildman–Crippen LogP) is 5.05. The van der Waals surface area contributed by atoms with Gasteiger partial charge >= 0.3 is 0 Å². The number of hydrogen-bond acceptors (Lipinski definition) is 5.